The van der Waals surface area contributed by atoms with Crippen molar-refractivity contribution in [1.29, 1.82) is 0 Å². The fraction of sp³-hybridized carbons (Fsp3) is 0.125. The number of nitrogens with zero attached hydrogens (tertiary/aromatic N) is 2. The van der Waals surface area contributed by atoms with Gasteiger partial charge in [-0.05, 0) is 30.2 Å². The van der Waals surface area contributed by atoms with Crippen molar-refractivity contribution in [2.24, 2.45) is 0 Å². The van der Waals surface area contributed by atoms with E-state index >= 15 is 0 Å². The van der Waals surface area contributed by atoms with Gasteiger partial charge in [0.05, 0.1) is 10.6 Å². The maximum Gasteiger partial charge on any atom is 0.315 e. The number of hydrogen-bond acceptors (Lipinski definition) is 4. The third kappa shape index (κ3) is 5.10. The molecule has 0 aliphatic heterocycles. The van der Waals surface area contributed by atoms with Gasteiger partial charge in [-0.2, -0.15) is 0 Å². The van der Waals surface area contributed by atoms with E-state index in [0.717, 1.165) is 11.1 Å². The van der Waals surface area contributed by atoms with Crippen molar-refractivity contribution in [1.82, 2.24) is 20.8 Å². The average Bonchev–Trinajstić information content (AvgIpc) is 3.27. The minimum atomic E-state index is -0.608. The molecule has 0 spiro atoms. The summed E-state index contributed by atoms with van der Waals surface area (Å²) in [6, 6.07) is 23.7. The molecule has 0 aliphatic carbocycles. The summed E-state index contributed by atoms with van der Waals surface area (Å²) in [5.41, 5.74) is 3.64. The van der Waals surface area contributed by atoms with Crippen LogP contribution in [0.15, 0.2) is 83.3 Å². The number of aromatic nitrogens is 2. The van der Waals surface area contributed by atoms with Crippen molar-refractivity contribution >= 4 is 17.6 Å². The highest BCUT2D eigenvalue weighted by molar-refractivity contribution is 6.33. The second-order valence-electron chi connectivity index (χ2n) is 7.08. The van der Waals surface area contributed by atoms with Gasteiger partial charge in [-0.25, -0.2) is 4.79 Å². The molecule has 1 aromatic heterocycles. The Kier molecular flexibility index (Phi) is 6.29. The second kappa shape index (κ2) is 9.45. The summed E-state index contributed by atoms with van der Waals surface area (Å²) in [4.78, 5) is 12.6. The lowest BCUT2D eigenvalue weighted by Gasteiger charge is -2.16. The summed E-state index contributed by atoms with van der Waals surface area (Å²) < 4.78 is 5.89. The van der Waals surface area contributed by atoms with Crippen molar-refractivity contribution in [2.45, 2.75) is 19.5 Å². The van der Waals surface area contributed by atoms with Gasteiger partial charge < -0.3 is 15.1 Å². The zero-order chi connectivity index (χ0) is 21.6. The summed E-state index contributed by atoms with van der Waals surface area (Å²) >= 11 is 6.25. The van der Waals surface area contributed by atoms with Crippen LogP contribution in [0.25, 0.3) is 11.5 Å². The van der Waals surface area contributed by atoms with Gasteiger partial charge in [-0.3, -0.25) is 0 Å². The molecule has 2 N–H and O–H groups in total. The Morgan fingerprint density at radius 3 is 2.42 bits per heavy atom. The Morgan fingerprint density at radius 2 is 1.68 bits per heavy atom. The highest BCUT2D eigenvalue weighted by atomic mass is 35.5. The fourth-order valence-electron chi connectivity index (χ4n) is 3.10. The lowest BCUT2D eigenvalue weighted by molar-refractivity contribution is 0.236. The van der Waals surface area contributed by atoms with Crippen LogP contribution in [0.2, 0.25) is 5.02 Å². The van der Waals surface area contributed by atoms with Crippen LogP contribution in [0.1, 0.15) is 28.6 Å². The second-order valence-corrected chi connectivity index (χ2v) is 7.49. The van der Waals surface area contributed by atoms with E-state index < -0.39 is 6.04 Å². The largest absolute Gasteiger partial charge is 0.418 e. The van der Waals surface area contributed by atoms with Gasteiger partial charge in [0.2, 0.25) is 11.8 Å². The number of carbonyl (C=O) groups is 1. The number of benzene rings is 3. The van der Waals surface area contributed by atoms with Crippen molar-refractivity contribution in [3.8, 4) is 11.5 Å². The van der Waals surface area contributed by atoms with Gasteiger partial charge in [0.15, 0.2) is 0 Å². The molecule has 0 saturated carbocycles. The predicted molar refractivity (Wildman–Crippen MR) is 120 cm³/mol. The van der Waals surface area contributed by atoms with Crippen LogP contribution >= 0.6 is 11.6 Å². The zero-order valence-electron chi connectivity index (χ0n) is 16.9. The topological polar surface area (TPSA) is 80.0 Å². The van der Waals surface area contributed by atoms with Crippen LogP contribution in [-0.4, -0.2) is 16.2 Å². The summed E-state index contributed by atoms with van der Waals surface area (Å²) in [7, 11) is 0. The number of nitrogens with one attached hydrogen (secondary N) is 2. The molecule has 6 nitrogen and oxygen atoms in total. The Labute approximate surface area is 185 Å². The third-order valence-corrected chi connectivity index (χ3v) is 5.10. The standard InChI is InChI=1S/C24H21ClN4O2/c1-16-11-13-17(14-12-16)15-26-24(30)27-21(18-7-3-2-4-8-18)23-29-28-22(31-23)19-9-5-6-10-20(19)25/h2-14,21H,15H2,1H3,(H2,26,27,30)/t21-/m1/s1. The molecule has 0 fully saturated rings. The molecule has 4 aromatic rings. The number of carbonyl (C=O) groups excluding carboxylic acids is 1. The molecular weight excluding hydrogens is 412 g/mol. The molecule has 0 radical (unpaired) electrons. The minimum absolute atomic E-state index is 0.270. The molecule has 7 heteroatoms. The molecule has 0 bridgehead atoms. The van der Waals surface area contributed by atoms with Gasteiger partial charge >= 0.3 is 6.03 Å². The molecule has 3 aromatic carbocycles. The molecule has 31 heavy (non-hydrogen) atoms. The number of halogens is 1. The molecule has 156 valence electrons. The summed E-state index contributed by atoms with van der Waals surface area (Å²) in [5.74, 6) is 0.565. The highest BCUT2D eigenvalue weighted by Crippen LogP contribution is 2.29. The van der Waals surface area contributed by atoms with Gasteiger partial charge in [0, 0.05) is 6.54 Å². The van der Waals surface area contributed by atoms with E-state index in [0.29, 0.717) is 23.0 Å². The quantitative estimate of drug-likeness (QED) is 0.434. The fourth-order valence-corrected chi connectivity index (χ4v) is 3.31. The maximum absolute atomic E-state index is 12.6. The zero-order valence-corrected chi connectivity index (χ0v) is 17.6. The van der Waals surface area contributed by atoms with Crippen molar-refractivity contribution < 1.29 is 9.21 Å². The van der Waals surface area contributed by atoms with E-state index in [9.17, 15) is 4.79 Å². The van der Waals surface area contributed by atoms with Crippen LogP contribution in [0.3, 0.4) is 0 Å². The van der Waals surface area contributed by atoms with Crippen LogP contribution in [0, 0.1) is 6.92 Å². The molecular formula is C24H21ClN4O2. The Bertz CT molecular complexity index is 1160. The highest BCUT2D eigenvalue weighted by Gasteiger charge is 2.23. The minimum Gasteiger partial charge on any atom is -0.418 e. The monoisotopic (exact) mass is 432 g/mol. The first kappa shape index (κ1) is 20.6. The first-order valence-corrected chi connectivity index (χ1v) is 10.2. The lowest BCUT2D eigenvalue weighted by atomic mass is 10.1. The van der Waals surface area contributed by atoms with E-state index in [-0.39, 0.29) is 11.9 Å². The maximum atomic E-state index is 12.6. The van der Waals surface area contributed by atoms with Crippen LogP contribution in [0.4, 0.5) is 4.79 Å². The molecule has 0 unspecified atom stereocenters. The van der Waals surface area contributed by atoms with Crippen molar-refractivity contribution in [2.75, 3.05) is 0 Å². The van der Waals surface area contributed by atoms with E-state index in [1.165, 1.54) is 5.56 Å². The number of aryl methyl sites for hydroxylation is 1. The number of hydrogen-bond donors (Lipinski definition) is 2. The van der Waals surface area contributed by atoms with Gasteiger partial charge in [0.25, 0.3) is 0 Å². The van der Waals surface area contributed by atoms with E-state index in [4.69, 9.17) is 16.0 Å². The Morgan fingerprint density at radius 1 is 0.968 bits per heavy atom. The van der Waals surface area contributed by atoms with Crippen LogP contribution < -0.4 is 10.6 Å². The van der Waals surface area contributed by atoms with E-state index in [2.05, 4.69) is 20.8 Å². The summed E-state index contributed by atoms with van der Waals surface area (Å²) in [5, 5.41) is 14.6. The predicted octanol–water partition coefficient (Wildman–Crippen LogP) is 5.29. The number of amides is 2. The van der Waals surface area contributed by atoms with Crippen LogP contribution in [-0.2, 0) is 6.54 Å². The molecule has 2 amide bonds. The first-order valence-electron chi connectivity index (χ1n) is 9.83. The van der Waals surface area contributed by atoms with Crippen molar-refractivity contribution in [3.05, 3.63) is 106 Å². The normalized spacial score (nSPS) is 11.7. The van der Waals surface area contributed by atoms with E-state index in [1.807, 2.05) is 73.7 Å². The molecule has 4 rings (SSSR count). The average molecular weight is 433 g/mol. The summed E-state index contributed by atoms with van der Waals surface area (Å²) in [6.45, 7) is 2.43. The van der Waals surface area contributed by atoms with Crippen LogP contribution in [0.5, 0.6) is 0 Å². The third-order valence-electron chi connectivity index (χ3n) is 4.77. The Hall–Kier alpha value is -3.64. The van der Waals surface area contributed by atoms with Gasteiger partial charge in [0.1, 0.15) is 6.04 Å². The van der Waals surface area contributed by atoms with Crippen molar-refractivity contribution in [3.63, 3.8) is 0 Å². The molecule has 0 aliphatic rings. The van der Waals surface area contributed by atoms with E-state index in [1.54, 1.807) is 12.1 Å². The number of urea groups is 1. The van der Waals surface area contributed by atoms with Gasteiger partial charge in [-0.1, -0.05) is 83.9 Å². The molecule has 1 heterocycles. The first-order chi connectivity index (χ1) is 15.1. The smallest absolute Gasteiger partial charge is 0.315 e. The SMILES string of the molecule is Cc1ccc(CNC(=O)N[C@H](c2ccccc2)c2nnc(-c3ccccc3Cl)o2)cc1. The van der Waals surface area contributed by atoms with Gasteiger partial charge in [-0.15, -0.1) is 10.2 Å². The number of rotatable bonds is 6. The lowest BCUT2D eigenvalue weighted by Crippen LogP contribution is -2.38. The summed E-state index contributed by atoms with van der Waals surface area (Å²) in [6.07, 6.45) is 0. The molecule has 0 saturated heterocycles. The molecule has 1 atom stereocenters. The Balaban J connectivity index is 1.53.